The van der Waals surface area contributed by atoms with Gasteiger partial charge in [-0.2, -0.15) is 4.99 Å². The molecular formula is C13H17N3O. The highest BCUT2D eigenvalue weighted by molar-refractivity contribution is 6.00. The summed E-state index contributed by atoms with van der Waals surface area (Å²) in [6, 6.07) is 7.41. The molecule has 0 aromatic heterocycles. The number of aliphatic imine (C=N–C) groups is 1. The van der Waals surface area contributed by atoms with Gasteiger partial charge in [-0.15, -0.1) is 0 Å². The number of likely N-dealkylation sites (tertiary alicyclic amines) is 1. The van der Waals surface area contributed by atoms with Crippen LogP contribution in [0.5, 0.6) is 0 Å². The summed E-state index contributed by atoms with van der Waals surface area (Å²) in [7, 11) is 1.96. The second-order valence-electron chi connectivity index (χ2n) is 4.35. The van der Waals surface area contributed by atoms with E-state index in [4.69, 9.17) is 0 Å². The SMILES string of the molecule is Cc1cccc(NC(=O)N=C2CCCN2C)c1. The van der Waals surface area contributed by atoms with E-state index in [2.05, 4.69) is 10.3 Å². The maximum Gasteiger partial charge on any atom is 0.347 e. The summed E-state index contributed by atoms with van der Waals surface area (Å²) in [6.45, 7) is 2.98. The minimum atomic E-state index is -0.292. The number of rotatable bonds is 1. The molecule has 1 saturated heterocycles. The number of amides is 2. The number of benzene rings is 1. The Morgan fingerprint density at radius 2 is 2.29 bits per heavy atom. The van der Waals surface area contributed by atoms with Crippen LogP contribution in [-0.2, 0) is 0 Å². The van der Waals surface area contributed by atoms with E-state index in [0.717, 1.165) is 36.5 Å². The highest BCUT2D eigenvalue weighted by atomic mass is 16.2. The first-order valence-electron chi connectivity index (χ1n) is 5.81. The van der Waals surface area contributed by atoms with Gasteiger partial charge < -0.3 is 10.2 Å². The summed E-state index contributed by atoms with van der Waals surface area (Å²) in [5.74, 6) is 0.871. The molecule has 1 fully saturated rings. The Labute approximate surface area is 101 Å². The van der Waals surface area contributed by atoms with E-state index < -0.39 is 0 Å². The lowest BCUT2D eigenvalue weighted by molar-refractivity contribution is 0.259. The quantitative estimate of drug-likeness (QED) is 0.807. The molecule has 1 aromatic carbocycles. The lowest BCUT2D eigenvalue weighted by atomic mass is 10.2. The first-order valence-corrected chi connectivity index (χ1v) is 5.81. The van der Waals surface area contributed by atoms with Crippen LogP contribution in [0.25, 0.3) is 0 Å². The van der Waals surface area contributed by atoms with Crippen molar-refractivity contribution in [2.24, 2.45) is 4.99 Å². The molecule has 4 heteroatoms. The molecule has 0 unspecified atom stereocenters. The van der Waals surface area contributed by atoms with E-state index in [-0.39, 0.29) is 6.03 Å². The average Bonchev–Trinajstić information content (AvgIpc) is 2.64. The standard InChI is InChI=1S/C13H17N3O/c1-10-5-3-6-11(9-10)14-13(17)15-12-7-4-8-16(12)2/h3,5-6,9H,4,7-8H2,1-2H3,(H,14,17). The van der Waals surface area contributed by atoms with Crippen LogP contribution in [0.1, 0.15) is 18.4 Å². The van der Waals surface area contributed by atoms with Gasteiger partial charge in [0.25, 0.3) is 0 Å². The van der Waals surface area contributed by atoms with Crippen molar-refractivity contribution < 1.29 is 4.79 Å². The van der Waals surface area contributed by atoms with Gasteiger partial charge in [-0.05, 0) is 31.0 Å². The van der Waals surface area contributed by atoms with E-state index in [9.17, 15) is 4.79 Å². The molecule has 1 aromatic rings. The molecule has 1 heterocycles. The number of aryl methyl sites for hydroxylation is 1. The molecule has 2 rings (SSSR count). The molecule has 2 amide bonds. The molecular weight excluding hydrogens is 214 g/mol. The van der Waals surface area contributed by atoms with Crippen LogP contribution in [0, 0.1) is 6.92 Å². The van der Waals surface area contributed by atoms with Gasteiger partial charge in [0.05, 0.1) is 0 Å². The number of amidine groups is 1. The second kappa shape index (κ2) is 4.99. The fraction of sp³-hybridized carbons (Fsp3) is 0.385. The maximum atomic E-state index is 11.7. The summed E-state index contributed by atoms with van der Waals surface area (Å²) in [6.07, 6.45) is 1.96. The molecule has 0 spiro atoms. The Morgan fingerprint density at radius 1 is 1.47 bits per heavy atom. The van der Waals surface area contributed by atoms with Gasteiger partial charge in [0.1, 0.15) is 5.84 Å². The summed E-state index contributed by atoms with van der Waals surface area (Å²) >= 11 is 0. The van der Waals surface area contributed by atoms with Crippen molar-refractivity contribution in [2.45, 2.75) is 19.8 Å². The Kier molecular flexibility index (Phi) is 3.42. The Balaban J connectivity index is 2.02. The molecule has 1 aliphatic rings. The van der Waals surface area contributed by atoms with Gasteiger partial charge in [-0.1, -0.05) is 12.1 Å². The average molecular weight is 231 g/mol. The van der Waals surface area contributed by atoms with Crippen molar-refractivity contribution in [1.82, 2.24) is 4.90 Å². The number of hydrogen-bond donors (Lipinski definition) is 1. The van der Waals surface area contributed by atoms with Crippen LogP contribution in [0.3, 0.4) is 0 Å². The summed E-state index contributed by atoms with van der Waals surface area (Å²) in [5, 5.41) is 2.78. The van der Waals surface area contributed by atoms with Gasteiger partial charge in [-0.3, -0.25) is 0 Å². The van der Waals surface area contributed by atoms with E-state index in [1.807, 2.05) is 43.1 Å². The lowest BCUT2D eigenvalue weighted by Crippen LogP contribution is -2.21. The topological polar surface area (TPSA) is 44.7 Å². The molecule has 0 atom stereocenters. The van der Waals surface area contributed by atoms with Crippen LogP contribution in [-0.4, -0.2) is 30.4 Å². The molecule has 0 saturated carbocycles. The third-order valence-corrected chi connectivity index (χ3v) is 2.83. The number of nitrogens with zero attached hydrogens (tertiary/aromatic N) is 2. The van der Waals surface area contributed by atoms with Crippen LogP contribution >= 0.6 is 0 Å². The van der Waals surface area contributed by atoms with Gasteiger partial charge in [0.2, 0.25) is 0 Å². The fourth-order valence-corrected chi connectivity index (χ4v) is 1.93. The van der Waals surface area contributed by atoms with E-state index in [1.54, 1.807) is 0 Å². The van der Waals surface area contributed by atoms with Gasteiger partial charge in [0.15, 0.2) is 0 Å². The Hall–Kier alpha value is -1.84. The number of anilines is 1. The molecule has 0 radical (unpaired) electrons. The molecule has 1 aliphatic heterocycles. The van der Waals surface area contributed by atoms with Crippen LogP contribution < -0.4 is 5.32 Å². The molecule has 0 aliphatic carbocycles. The van der Waals surface area contributed by atoms with Gasteiger partial charge in [0, 0.05) is 25.7 Å². The lowest BCUT2D eigenvalue weighted by Gasteiger charge is -2.10. The van der Waals surface area contributed by atoms with Crippen molar-refractivity contribution >= 4 is 17.6 Å². The second-order valence-corrected chi connectivity index (χ2v) is 4.35. The molecule has 1 N–H and O–H groups in total. The largest absolute Gasteiger partial charge is 0.363 e. The van der Waals surface area contributed by atoms with Crippen molar-refractivity contribution in [3.05, 3.63) is 29.8 Å². The van der Waals surface area contributed by atoms with Gasteiger partial charge in [-0.25, -0.2) is 4.79 Å². The third-order valence-electron chi connectivity index (χ3n) is 2.83. The fourth-order valence-electron chi connectivity index (χ4n) is 1.93. The first-order chi connectivity index (χ1) is 8.15. The van der Waals surface area contributed by atoms with Crippen molar-refractivity contribution in [2.75, 3.05) is 18.9 Å². The summed E-state index contributed by atoms with van der Waals surface area (Å²) in [5.41, 5.74) is 1.91. The zero-order chi connectivity index (χ0) is 12.3. The number of urea groups is 1. The van der Waals surface area contributed by atoms with Crippen molar-refractivity contribution in [3.8, 4) is 0 Å². The Bertz CT molecular complexity index is 454. The van der Waals surface area contributed by atoms with Gasteiger partial charge >= 0.3 is 6.03 Å². The zero-order valence-electron chi connectivity index (χ0n) is 10.2. The first kappa shape index (κ1) is 11.6. The molecule has 90 valence electrons. The van der Waals surface area contributed by atoms with Crippen molar-refractivity contribution in [3.63, 3.8) is 0 Å². The highest BCUT2D eigenvalue weighted by Gasteiger charge is 2.15. The van der Waals surface area contributed by atoms with E-state index in [0.29, 0.717) is 0 Å². The predicted molar refractivity (Wildman–Crippen MR) is 69.5 cm³/mol. The normalized spacial score (nSPS) is 17.5. The molecule has 17 heavy (non-hydrogen) atoms. The van der Waals surface area contributed by atoms with Crippen molar-refractivity contribution in [1.29, 1.82) is 0 Å². The zero-order valence-corrected chi connectivity index (χ0v) is 10.2. The maximum absolute atomic E-state index is 11.7. The monoisotopic (exact) mass is 231 g/mol. The number of carbonyl (C=O) groups is 1. The number of carbonyl (C=O) groups excluding carboxylic acids is 1. The third kappa shape index (κ3) is 3.06. The Morgan fingerprint density at radius 3 is 2.94 bits per heavy atom. The molecule has 4 nitrogen and oxygen atoms in total. The highest BCUT2D eigenvalue weighted by Crippen LogP contribution is 2.12. The molecule has 0 bridgehead atoms. The van der Waals surface area contributed by atoms with Crippen LogP contribution in [0.4, 0.5) is 10.5 Å². The summed E-state index contributed by atoms with van der Waals surface area (Å²) in [4.78, 5) is 17.8. The number of nitrogens with one attached hydrogen (secondary N) is 1. The minimum Gasteiger partial charge on any atom is -0.363 e. The van der Waals surface area contributed by atoms with Crippen LogP contribution in [0.15, 0.2) is 29.3 Å². The van der Waals surface area contributed by atoms with Crippen LogP contribution in [0.2, 0.25) is 0 Å². The predicted octanol–water partition coefficient (Wildman–Crippen LogP) is 2.65. The minimum absolute atomic E-state index is 0.292. The van der Waals surface area contributed by atoms with E-state index in [1.165, 1.54) is 0 Å². The number of hydrogen-bond acceptors (Lipinski definition) is 1. The summed E-state index contributed by atoms with van der Waals surface area (Å²) < 4.78 is 0. The smallest absolute Gasteiger partial charge is 0.347 e. The van der Waals surface area contributed by atoms with E-state index >= 15 is 0 Å².